The second kappa shape index (κ2) is 9.12. The van der Waals surface area contributed by atoms with E-state index in [9.17, 15) is 5.11 Å². The Morgan fingerprint density at radius 2 is 1.60 bits per heavy atom. The van der Waals surface area contributed by atoms with Gasteiger partial charge in [-0.3, -0.25) is 4.99 Å². The summed E-state index contributed by atoms with van der Waals surface area (Å²) in [6.07, 6.45) is 1.53. The Balaban J connectivity index is 0.00000225. The van der Waals surface area contributed by atoms with Crippen LogP contribution in [-0.2, 0) is 16.5 Å². The first-order valence-electron chi connectivity index (χ1n) is 7.20. The average molecular weight is 392 g/mol. The van der Waals surface area contributed by atoms with Crippen LogP contribution in [0.4, 0.5) is 17.1 Å². The van der Waals surface area contributed by atoms with Crippen LogP contribution in [-0.4, -0.2) is 6.21 Å². The molecule has 0 spiro atoms. The van der Waals surface area contributed by atoms with Crippen molar-refractivity contribution < 1.29 is 21.6 Å². The molecule has 0 heterocycles. The summed E-state index contributed by atoms with van der Waals surface area (Å²) >= 11 is 5.82. The molecular formula is C19H12ClN3NiO. The van der Waals surface area contributed by atoms with Crippen molar-refractivity contribution in [3.05, 3.63) is 83.4 Å². The van der Waals surface area contributed by atoms with Gasteiger partial charge in [0, 0.05) is 6.21 Å². The van der Waals surface area contributed by atoms with Crippen LogP contribution in [0.25, 0.3) is 0 Å². The van der Waals surface area contributed by atoms with Gasteiger partial charge in [-0.25, -0.2) is 0 Å². The first kappa shape index (κ1) is 18.8. The van der Waals surface area contributed by atoms with Crippen LogP contribution in [0.15, 0.2) is 82.0 Å². The van der Waals surface area contributed by atoms with E-state index >= 15 is 0 Å². The molecule has 3 aromatic rings. The minimum absolute atomic E-state index is 0. The smallest absolute Gasteiger partial charge is 0.872 e. The van der Waals surface area contributed by atoms with Gasteiger partial charge in [-0.1, -0.05) is 41.4 Å². The molecule has 0 saturated heterocycles. The van der Waals surface area contributed by atoms with Gasteiger partial charge in [0.25, 0.3) is 0 Å². The van der Waals surface area contributed by atoms with Crippen LogP contribution in [0.2, 0.25) is 5.02 Å². The predicted molar refractivity (Wildman–Crippen MR) is 94.0 cm³/mol. The van der Waals surface area contributed by atoms with E-state index < -0.39 is 0 Å². The SMILES string of the molecule is [Ni+2].[O-]c1ccccc1C=Nc1ccccc1N=Nc1[c-]cc(Cl)cc1. The Labute approximate surface area is 160 Å². The van der Waals surface area contributed by atoms with Gasteiger partial charge in [-0.05, 0) is 23.4 Å². The molecule has 0 aromatic heterocycles. The fourth-order valence-electron chi connectivity index (χ4n) is 1.95. The van der Waals surface area contributed by atoms with Gasteiger partial charge in [0.1, 0.15) is 5.69 Å². The molecule has 6 heteroatoms. The van der Waals surface area contributed by atoms with Gasteiger partial charge >= 0.3 is 16.5 Å². The predicted octanol–water partition coefficient (Wildman–Crippen LogP) is 5.38. The molecule has 0 aliphatic rings. The fraction of sp³-hybridized carbons (Fsp3) is 0. The maximum absolute atomic E-state index is 11.7. The van der Waals surface area contributed by atoms with E-state index in [1.54, 1.807) is 42.5 Å². The second-order valence-electron chi connectivity index (χ2n) is 4.88. The summed E-state index contributed by atoms with van der Waals surface area (Å²) in [6, 6.07) is 22.0. The third-order valence-electron chi connectivity index (χ3n) is 3.17. The summed E-state index contributed by atoms with van der Waals surface area (Å²) in [7, 11) is 0. The molecule has 4 nitrogen and oxygen atoms in total. The Morgan fingerprint density at radius 1 is 0.880 bits per heavy atom. The number of azo groups is 1. The third kappa shape index (κ3) is 5.25. The first-order chi connectivity index (χ1) is 11.7. The van der Waals surface area contributed by atoms with Crippen LogP contribution < -0.4 is 5.11 Å². The number of rotatable bonds is 4. The van der Waals surface area contributed by atoms with Crippen LogP contribution in [0.1, 0.15) is 5.56 Å². The molecule has 3 rings (SSSR count). The van der Waals surface area contributed by atoms with Crippen molar-refractivity contribution in [3.8, 4) is 5.75 Å². The first-order valence-corrected chi connectivity index (χ1v) is 7.58. The number of hydrogen-bond acceptors (Lipinski definition) is 4. The number of hydrogen-bond donors (Lipinski definition) is 0. The molecule has 0 amide bonds. The van der Waals surface area contributed by atoms with Crippen molar-refractivity contribution >= 4 is 34.9 Å². The van der Waals surface area contributed by atoms with Gasteiger partial charge < -0.3 is 5.11 Å². The topological polar surface area (TPSA) is 60.1 Å². The van der Waals surface area contributed by atoms with Crippen LogP contribution in [0, 0.1) is 6.07 Å². The molecule has 3 aromatic carbocycles. The minimum atomic E-state index is -0.0730. The maximum atomic E-state index is 11.7. The van der Waals surface area contributed by atoms with Crippen molar-refractivity contribution in [1.82, 2.24) is 0 Å². The van der Waals surface area contributed by atoms with E-state index in [0.29, 0.717) is 27.6 Å². The van der Waals surface area contributed by atoms with Gasteiger partial charge in [0.15, 0.2) is 0 Å². The van der Waals surface area contributed by atoms with Crippen molar-refractivity contribution in [2.75, 3.05) is 0 Å². The molecule has 0 radical (unpaired) electrons. The molecule has 0 atom stereocenters. The zero-order valence-corrected chi connectivity index (χ0v) is 14.6. The normalized spacial score (nSPS) is 10.9. The number of aliphatic imine (C=N–C) groups is 1. The molecular weight excluding hydrogens is 380 g/mol. The van der Waals surface area contributed by atoms with Gasteiger partial charge in [-0.2, -0.15) is 40.0 Å². The van der Waals surface area contributed by atoms with Gasteiger partial charge in [0.05, 0.1) is 5.69 Å². The Hall–Kier alpha value is -2.49. The molecule has 0 N–H and O–H groups in total. The summed E-state index contributed by atoms with van der Waals surface area (Å²) < 4.78 is 0. The third-order valence-corrected chi connectivity index (χ3v) is 3.40. The van der Waals surface area contributed by atoms with Crippen LogP contribution >= 0.6 is 11.6 Å². The van der Waals surface area contributed by atoms with Crippen LogP contribution in [0.3, 0.4) is 0 Å². The van der Waals surface area contributed by atoms with Crippen LogP contribution in [0.5, 0.6) is 5.75 Å². The second-order valence-corrected chi connectivity index (χ2v) is 5.31. The van der Waals surface area contributed by atoms with E-state index in [0.717, 1.165) is 0 Å². The monoisotopic (exact) mass is 391 g/mol. The molecule has 0 aliphatic carbocycles. The molecule has 25 heavy (non-hydrogen) atoms. The molecule has 0 fully saturated rings. The quantitative estimate of drug-likeness (QED) is 0.255. The average Bonchev–Trinajstić information content (AvgIpc) is 2.61. The summed E-state index contributed by atoms with van der Waals surface area (Å²) in [6.45, 7) is 0. The summed E-state index contributed by atoms with van der Waals surface area (Å²) in [4.78, 5) is 4.35. The van der Waals surface area contributed by atoms with Crippen molar-refractivity contribution in [2.45, 2.75) is 0 Å². The summed E-state index contributed by atoms with van der Waals surface area (Å²) in [5, 5.41) is 20.6. The van der Waals surface area contributed by atoms with E-state index in [-0.39, 0.29) is 22.2 Å². The summed E-state index contributed by atoms with van der Waals surface area (Å²) in [5.41, 5.74) is 2.32. The minimum Gasteiger partial charge on any atom is -0.872 e. The zero-order valence-electron chi connectivity index (χ0n) is 12.9. The molecule has 0 unspecified atom stereocenters. The van der Waals surface area contributed by atoms with Crippen molar-refractivity contribution in [1.29, 1.82) is 0 Å². The number of benzene rings is 3. The molecule has 0 bridgehead atoms. The summed E-state index contributed by atoms with van der Waals surface area (Å²) in [5.74, 6) is -0.0730. The van der Waals surface area contributed by atoms with Gasteiger partial charge in [-0.15, -0.1) is 11.8 Å². The van der Waals surface area contributed by atoms with E-state index in [4.69, 9.17) is 11.6 Å². The van der Waals surface area contributed by atoms with E-state index in [1.807, 2.05) is 18.2 Å². The van der Waals surface area contributed by atoms with Gasteiger partial charge in [0.2, 0.25) is 0 Å². The molecule has 0 saturated carbocycles. The number of nitrogens with zero attached hydrogens (tertiary/aromatic N) is 3. The zero-order chi connectivity index (χ0) is 16.8. The Kier molecular flexibility index (Phi) is 6.87. The van der Waals surface area contributed by atoms with Crippen molar-refractivity contribution in [2.24, 2.45) is 15.2 Å². The number of para-hydroxylation sites is 2. The molecule has 126 valence electrons. The number of halogens is 1. The largest absolute Gasteiger partial charge is 2.00 e. The van der Waals surface area contributed by atoms with E-state index in [1.165, 1.54) is 12.3 Å². The van der Waals surface area contributed by atoms with Crippen molar-refractivity contribution in [3.63, 3.8) is 0 Å². The fourth-order valence-corrected chi connectivity index (χ4v) is 2.07. The Morgan fingerprint density at radius 3 is 2.32 bits per heavy atom. The standard InChI is InChI=1S/C19H13ClN3O.Ni/c20-15-9-11-16(12-10-15)22-23-18-7-3-2-6-17(18)21-13-14-5-1-4-8-19(14)24;/h1-11,13,24H;/q-1;+2/p-1. The maximum Gasteiger partial charge on any atom is 2.00 e. The Bertz CT molecular complexity index is 895. The molecule has 0 aliphatic heterocycles. The van der Waals surface area contributed by atoms with E-state index in [2.05, 4.69) is 21.3 Å².